The third-order valence-electron chi connectivity index (χ3n) is 3.04. The Bertz CT molecular complexity index is 623. The average Bonchev–Trinajstić information content (AvgIpc) is 2.37. The Morgan fingerprint density at radius 2 is 1.89 bits per heavy atom. The molecule has 0 aliphatic heterocycles. The maximum atomic E-state index is 11.5. The van der Waals surface area contributed by atoms with Crippen LogP contribution in [0.4, 0.5) is 17.1 Å². The van der Waals surface area contributed by atoms with E-state index in [0.717, 1.165) is 11.3 Å². The third kappa shape index (κ3) is 2.68. The number of rotatable bonds is 3. The molecule has 0 heterocycles. The number of hydrogen-bond acceptors (Lipinski definition) is 3. The van der Waals surface area contributed by atoms with Crippen molar-refractivity contribution in [3.8, 4) is 0 Å². The van der Waals surface area contributed by atoms with Crippen LogP contribution in [0.15, 0.2) is 42.5 Å². The van der Waals surface area contributed by atoms with Gasteiger partial charge in [-0.15, -0.1) is 0 Å². The first-order chi connectivity index (χ1) is 8.99. The number of carbonyl (C=O) groups excluding carboxylic acids is 1. The van der Waals surface area contributed by atoms with Crippen LogP contribution < -0.4 is 16.4 Å². The van der Waals surface area contributed by atoms with E-state index >= 15 is 0 Å². The summed E-state index contributed by atoms with van der Waals surface area (Å²) in [7, 11) is 1.88. The summed E-state index contributed by atoms with van der Waals surface area (Å²) in [5.74, 6) is -0.463. The Balaban J connectivity index is 2.51. The second-order valence-electron chi connectivity index (χ2n) is 4.54. The quantitative estimate of drug-likeness (QED) is 0.827. The number of amides is 1. The lowest BCUT2D eigenvalue weighted by molar-refractivity contribution is 0.100. The van der Waals surface area contributed by atoms with Gasteiger partial charge in [0.05, 0.1) is 11.3 Å². The Morgan fingerprint density at radius 1 is 1.16 bits per heavy atom. The minimum atomic E-state index is -0.463. The second-order valence-corrected chi connectivity index (χ2v) is 4.54. The summed E-state index contributed by atoms with van der Waals surface area (Å²) in [6.45, 7) is 2.02. The molecule has 0 atom stereocenters. The van der Waals surface area contributed by atoms with E-state index in [1.165, 1.54) is 0 Å². The Morgan fingerprint density at radius 3 is 2.53 bits per heavy atom. The second kappa shape index (κ2) is 5.02. The number of nitrogens with two attached hydrogens (primary N) is 2. The number of aryl methyl sites for hydroxylation is 1. The zero-order valence-electron chi connectivity index (χ0n) is 11.1. The number of nitrogens with zero attached hydrogens (tertiary/aromatic N) is 1. The first kappa shape index (κ1) is 13.0. The van der Waals surface area contributed by atoms with Crippen LogP contribution in [0, 0.1) is 6.92 Å². The van der Waals surface area contributed by atoms with E-state index < -0.39 is 5.91 Å². The highest BCUT2D eigenvalue weighted by atomic mass is 16.1. The van der Waals surface area contributed by atoms with Gasteiger partial charge in [-0.3, -0.25) is 4.79 Å². The van der Waals surface area contributed by atoms with Crippen LogP contribution in [0.2, 0.25) is 0 Å². The Kier molecular flexibility index (Phi) is 3.42. The lowest BCUT2D eigenvalue weighted by Gasteiger charge is -2.22. The molecule has 2 aromatic rings. The van der Waals surface area contributed by atoms with Crippen LogP contribution in [-0.4, -0.2) is 13.0 Å². The number of carbonyl (C=O) groups is 1. The molecule has 4 N–H and O–H groups in total. The zero-order valence-corrected chi connectivity index (χ0v) is 11.1. The summed E-state index contributed by atoms with van der Waals surface area (Å²) in [6, 6.07) is 13.1. The molecule has 1 amide bonds. The number of nitrogen functional groups attached to an aromatic ring is 1. The van der Waals surface area contributed by atoms with E-state index in [0.29, 0.717) is 16.9 Å². The van der Waals surface area contributed by atoms with Crippen LogP contribution in [0.3, 0.4) is 0 Å². The fourth-order valence-electron chi connectivity index (χ4n) is 2.01. The number of benzene rings is 2. The van der Waals surface area contributed by atoms with Crippen molar-refractivity contribution in [3.05, 3.63) is 53.6 Å². The third-order valence-corrected chi connectivity index (χ3v) is 3.04. The smallest absolute Gasteiger partial charge is 0.250 e. The standard InChI is InChI=1S/C15H17N3O/c1-10-4-3-5-12(8-10)18(2)14-9-11(16)6-7-13(14)15(17)19/h3-9H,16H2,1-2H3,(H2,17,19). The fraction of sp³-hybridized carbons (Fsp3) is 0.133. The maximum Gasteiger partial charge on any atom is 0.250 e. The molecule has 4 nitrogen and oxygen atoms in total. The molecule has 2 aromatic carbocycles. The van der Waals surface area contributed by atoms with Gasteiger partial charge < -0.3 is 16.4 Å². The monoisotopic (exact) mass is 255 g/mol. The van der Waals surface area contributed by atoms with Crippen LogP contribution in [0.1, 0.15) is 15.9 Å². The van der Waals surface area contributed by atoms with Crippen molar-refractivity contribution in [2.75, 3.05) is 17.7 Å². The number of hydrogen-bond donors (Lipinski definition) is 2. The summed E-state index contributed by atoms with van der Waals surface area (Å²) in [6.07, 6.45) is 0. The average molecular weight is 255 g/mol. The van der Waals surface area contributed by atoms with Crippen LogP contribution in [0.5, 0.6) is 0 Å². The Labute approximate surface area is 112 Å². The fourth-order valence-corrected chi connectivity index (χ4v) is 2.01. The van der Waals surface area contributed by atoms with Crippen molar-refractivity contribution < 1.29 is 4.79 Å². The van der Waals surface area contributed by atoms with Gasteiger partial charge in [-0.1, -0.05) is 12.1 Å². The van der Waals surface area contributed by atoms with Crippen LogP contribution >= 0.6 is 0 Å². The predicted octanol–water partition coefficient (Wildman–Crippen LogP) is 2.44. The lowest BCUT2D eigenvalue weighted by atomic mass is 10.1. The van der Waals surface area contributed by atoms with Gasteiger partial charge in [0, 0.05) is 18.4 Å². The highest BCUT2D eigenvalue weighted by Gasteiger charge is 2.13. The van der Waals surface area contributed by atoms with Crippen LogP contribution in [-0.2, 0) is 0 Å². The molecule has 0 spiro atoms. The van der Waals surface area contributed by atoms with E-state index in [1.54, 1.807) is 18.2 Å². The van der Waals surface area contributed by atoms with Crippen molar-refractivity contribution in [2.24, 2.45) is 5.73 Å². The summed E-state index contributed by atoms with van der Waals surface area (Å²) in [5, 5.41) is 0. The number of anilines is 3. The molecule has 0 unspecified atom stereocenters. The minimum absolute atomic E-state index is 0.457. The number of primary amides is 1. The molecule has 0 fully saturated rings. The highest BCUT2D eigenvalue weighted by Crippen LogP contribution is 2.29. The lowest BCUT2D eigenvalue weighted by Crippen LogP contribution is -2.18. The zero-order chi connectivity index (χ0) is 14.0. The molecule has 0 saturated carbocycles. The molecule has 0 radical (unpaired) electrons. The van der Waals surface area contributed by atoms with Crippen molar-refractivity contribution in [3.63, 3.8) is 0 Å². The highest BCUT2D eigenvalue weighted by molar-refractivity contribution is 6.00. The normalized spacial score (nSPS) is 10.2. The topological polar surface area (TPSA) is 72.3 Å². The van der Waals surface area contributed by atoms with Crippen molar-refractivity contribution >= 4 is 23.0 Å². The summed E-state index contributed by atoms with van der Waals surface area (Å²) < 4.78 is 0. The maximum absolute atomic E-state index is 11.5. The van der Waals surface area contributed by atoms with Gasteiger partial charge in [-0.05, 0) is 42.8 Å². The molecule has 19 heavy (non-hydrogen) atoms. The molecule has 2 rings (SSSR count). The van der Waals surface area contributed by atoms with E-state index in [4.69, 9.17) is 11.5 Å². The minimum Gasteiger partial charge on any atom is -0.399 e. The van der Waals surface area contributed by atoms with E-state index in [9.17, 15) is 4.79 Å². The largest absolute Gasteiger partial charge is 0.399 e. The van der Waals surface area contributed by atoms with Crippen molar-refractivity contribution in [1.29, 1.82) is 0 Å². The summed E-state index contributed by atoms with van der Waals surface area (Å²) in [4.78, 5) is 13.4. The molecular weight excluding hydrogens is 238 g/mol. The molecule has 0 aromatic heterocycles. The van der Waals surface area contributed by atoms with Gasteiger partial charge in [0.15, 0.2) is 0 Å². The van der Waals surface area contributed by atoms with Gasteiger partial charge in [0.1, 0.15) is 0 Å². The van der Waals surface area contributed by atoms with E-state index in [2.05, 4.69) is 0 Å². The van der Waals surface area contributed by atoms with Gasteiger partial charge in [-0.25, -0.2) is 0 Å². The molecule has 4 heteroatoms. The predicted molar refractivity (Wildman–Crippen MR) is 78.6 cm³/mol. The molecule has 0 bridgehead atoms. The molecule has 98 valence electrons. The van der Waals surface area contributed by atoms with E-state index in [-0.39, 0.29) is 0 Å². The van der Waals surface area contributed by atoms with Gasteiger partial charge in [-0.2, -0.15) is 0 Å². The van der Waals surface area contributed by atoms with E-state index in [1.807, 2.05) is 43.1 Å². The summed E-state index contributed by atoms with van der Waals surface area (Å²) >= 11 is 0. The van der Waals surface area contributed by atoms with Gasteiger partial charge in [0.2, 0.25) is 0 Å². The SMILES string of the molecule is Cc1cccc(N(C)c2cc(N)ccc2C(N)=O)c1. The summed E-state index contributed by atoms with van der Waals surface area (Å²) in [5.41, 5.74) is 15.1. The van der Waals surface area contributed by atoms with Gasteiger partial charge in [0.25, 0.3) is 5.91 Å². The van der Waals surface area contributed by atoms with Gasteiger partial charge >= 0.3 is 0 Å². The Hall–Kier alpha value is -2.49. The van der Waals surface area contributed by atoms with Crippen molar-refractivity contribution in [2.45, 2.75) is 6.92 Å². The molecule has 0 aliphatic rings. The molecular formula is C15H17N3O. The van der Waals surface area contributed by atoms with Crippen molar-refractivity contribution in [1.82, 2.24) is 0 Å². The van der Waals surface area contributed by atoms with Crippen LogP contribution in [0.25, 0.3) is 0 Å². The molecule has 0 aliphatic carbocycles. The first-order valence-electron chi connectivity index (χ1n) is 5.99. The molecule has 0 saturated heterocycles. The first-order valence-corrected chi connectivity index (χ1v) is 5.99.